The maximum absolute atomic E-state index is 12.3. The minimum atomic E-state index is -0.0517. The molecule has 1 aromatic carbocycles. The fourth-order valence-electron chi connectivity index (χ4n) is 4.49. The molecule has 24 heavy (non-hydrogen) atoms. The van der Waals surface area contributed by atoms with Crippen molar-refractivity contribution in [2.75, 3.05) is 40.9 Å². The number of hydrogen-bond acceptors (Lipinski definition) is 3. The lowest BCUT2D eigenvalue weighted by Crippen LogP contribution is -2.56. The molecule has 0 radical (unpaired) electrons. The number of rotatable bonds is 5. The van der Waals surface area contributed by atoms with E-state index in [0.29, 0.717) is 13.2 Å². The average molecular weight is 331 g/mol. The molecular weight excluding hydrogens is 302 g/mol. The fraction of sp³-hybridized carbons (Fsp3) is 0.632. The molecule has 1 heterocycles. The molecule has 1 spiro atoms. The number of nitrogens with one attached hydrogen (secondary N) is 1. The van der Waals surface area contributed by atoms with E-state index in [-0.39, 0.29) is 17.1 Å². The first kappa shape index (κ1) is 17.2. The minimum absolute atomic E-state index is 0.0517. The molecule has 2 aliphatic rings. The first-order chi connectivity index (χ1) is 11.5. The number of ether oxygens (including phenoxy) is 1. The summed E-state index contributed by atoms with van der Waals surface area (Å²) >= 11 is 0. The Morgan fingerprint density at radius 3 is 2.42 bits per heavy atom. The Kier molecular flexibility index (Phi) is 4.83. The first-order valence-electron chi connectivity index (χ1n) is 8.81. The molecule has 0 atom stereocenters. The second-order valence-electron chi connectivity index (χ2n) is 7.32. The number of carbonyl (C=O) groups is 1. The first-order valence-corrected chi connectivity index (χ1v) is 8.81. The lowest BCUT2D eigenvalue weighted by Gasteiger charge is -2.51. The van der Waals surface area contributed by atoms with Gasteiger partial charge in [-0.1, -0.05) is 30.3 Å². The van der Waals surface area contributed by atoms with Crippen LogP contribution in [-0.4, -0.2) is 62.3 Å². The van der Waals surface area contributed by atoms with Gasteiger partial charge in [0.25, 0.3) is 0 Å². The Balaban J connectivity index is 1.81. The van der Waals surface area contributed by atoms with Crippen molar-refractivity contribution in [1.82, 2.24) is 15.1 Å². The average Bonchev–Trinajstić information content (AvgIpc) is 2.90. The second kappa shape index (κ2) is 6.73. The van der Waals surface area contributed by atoms with Crippen LogP contribution in [0.15, 0.2) is 30.3 Å². The lowest BCUT2D eigenvalue weighted by atomic mass is 9.68. The van der Waals surface area contributed by atoms with Gasteiger partial charge in [-0.15, -0.1) is 0 Å². The number of nitrogens with zero attached hydrogens (tertiary/aromatic N) is 2. The fourth-order valence-corrected chi connectivity index (χ4v) is 4.49. The molecule has 132 valence electrons. The van der Waals surface area contributed by atoms with Gasteiger partial charge in [0.05, 0.1) is 12.1 Å². The van der Waals surface area contributed by atoms with Gasteiger partial charge >= 0.3 is 6.03 Å². The smallest absolute Gasteiger partial charge is 0.318 e. The molecule has 1 N–H and O–H groups in total. The minimum Gasteiger partial charge on any atom is -0.383 e. The Morgan fingerprint density at radius 1 is 1.17 bits per heavy atom. The summed E-state index contributed by atoms with van der Waals surface area (Å²) < 4.78 is 5.20. The van der Waals surface area contributed by atoms with Gasteiger partial charge in [-0.25, -0.2) is 4.79 Å². The van der Waals surface area contributed by atoms with E-state index in [0.717, 1.165) is 32.2 Å². The van der Waals surface area contributed by atoms with Gasteiger partial charge in [0.2, 0.25) is 0 Å². The molecule has 2 fully saturated rings. The number of urea groups is 1. The van der Waals surface area contributed by atoms with Crippen LogP contribution in [0, 0.1) is 0 Å². The van der Waals surface area contributed by atoms with Crippen molar-refractivity contribution < 1.29 is 9.53 Å². The highest BCUT2D eigenvalue weighted by Crippen LogP contribution is 2.47. The van der Waals surface area contributed by atoms with E-state index in [4.69, 9.17) is 4.74 Å². The third-order valence-corrected chi connectivity index (χ3v) is 6.08. The molecule has 1 aliphatic carbocycles. The van der Waals surface area contributed by atoms with E-state index in [2.05, 4.69) is 54.6 Å². The maximum atomic E-state index is 12.3. The summed E-state index contributed by atoms with van der Waals surface area (Å²) in [5.74, 6) is 0. The van der Waals surface area contributed by atoms with Crippen molar-refractivity contribution in [2.24, 2.45) is 0 Å². The third kappa shape index (κ3) is 2.80. The van der Waals surface area contributed by atoms with Crippen LogP contribution in [0.4, 0.5) is 4.79 Å². The summed E-state index contributed by atoms with van der Waals surface area (Å²) in [5, 5.41) is 3.05. The molecule has 0 aromatic heterocycles. The number of benzene rings is 1. The quantitative estimate of drug-likeness (QED) is 0.901. The molecule has 0 unspecified atom stereocenters. The Labute approximate surface area is 145 Å². The molecule has 1 saturated carbocycles. The summed E-state index contributed by atoms with van der Waals surface area (Å²) in [6, 6.07) is 10.8. The molecular formula is C19H29N3O2. The largest absolute Gasteiger partial charge is 0.383 e. The zero-order valence-corrected chi connectivity index (χ0v) is 15.0. The highest BCUT2D eigenvalue weighted by Gasteiger charge is 2.51. The van der Waals surface area contributed by atoms with Gasteiger partial charge in [0.1, 0.15) is 0 Å². The highest BCUT2D eigenvalue weighted by molar-refractivity contribution is 5.78. The zero-order valence-electron chi connectivity index (χ0n) is 15.0. The number of amides is 2. The van der Waals surface area contributed by atoms with Gasteiger partial charge in [0, 0.05) is 25.7 Å². The predicted molar refractivity (Wildman–Crippen MR) is 95.0 cm³/mol. The van der Waals surface area contributed by atoms with E-state index in [1.54, 1.807) is 7.11 Å². The molecule has 0 bridgehead atoms. The van der Waals surface area contributed by atoms with Crippen LogP contribution in [-0.2, 0) is 10.3 Å². The molecule has 3 rings (SSSR count). The molecule has 5 nitrogen and oxygen atoms in total. The van der Waals surface area contributed by atoms with E-state index < -0.39 is 0 Å². The number of methoxy groups -OCH3 is 1. The number of carbonyl (C=O) groups excluding carboxylic acids is 1. The summed E-state index contributed by atoms with van der Waals surface area (Å²) in [5.41, 5.74) is 1.39. The van der Waals surface area contributed by atoms with Crippen molar-refractivity contribution >= 4 is 6.03 Å². The van der Waals surface area contributed by atoms with Crippen LogP contribution in [0.1, 0.15) is 31.2 Å². The Bertz CT molecular complexity index is 565. The van der Waals surface area contributed by atoms with E-state index in [1.165, 1.54) is 5.56 Å². The predicted octanol–water partition coefficient (Wildman–Crippen LogP) is 2.43. The van der Waals surface area contributed by atoms with Gasteiger partial charge in [0.15, 0.2) is 0 Å². The maximum Gasteiger partial charge on any atom is 0.318 e. The summed E-state index contributed by atoms with van der Waals surface area (Å²) in [7, 11) is 6.03. The Hall–Kier alpha value is -1.59. The molecule has 5 heteroatoms. The molecule has 1 saturated heterocycles. The Morgan fingerprint density at radius 2 is 1.83 bits per heavy atom. The van der Waals surface area contributed by atoms with Gasteiger partial charge in [-0.05, 0) is 45.3 Å². The molecule has 1 aliphatic heterocycles. The second-order valence-corrected chi connectivity index (χ2v) is 7.32. The van der Waals surface area contributed by atoms with E-state index in [1.807, 2.05) is 4.90 Å². The van der Waals surface area contributed by atoms with Crippen molar-refractivity contribution in [1.29, 1.82) is 0 Å². The van der Waals surface area contributed by atoms with Crippen LogP contribution >= 0.6 is 0 Å². The van der Waals surface area contributed by atoms with Gasteiger partial charge in [-0.3, -0.25) is 4.90 Å². The van der Waals surface area contributed by atoms with Crippen LogP contribution in [0.3, 0.4) is 0 Å². The van der Waals surface area contributed by atoms with Crippen LogP contribution < -0.4 is 5.32 Å². The standard InChI is InChI=1S/C19H29N3O2/c1-21(2)19(16-7-5-4-6-8-16)11-9-18(10-12-19)15-20-17(23)22(18)13-14-24-3/h4-8H,9-15H2,1-3H3,(H,20,23)/t18-,19+. The summed E-state index contributed by atoms with van der Waals surface area (Å²) in [4.78, 5) is 16.6. The topological polar surface area (TPSA) is 44.8 Å². The van der Waals surface area contributed by atoms with Crippen molar-refractivity contribution in [3.8, 4) is 0 Å². The van der Waals surface area contributed by atoms with Crippen LogP contribution in [0.2, 0.25) is 0 Å². The van der Waals surface area contributed by atoms with Crippen LogP contribution in [0.5, 0.6) is 0 Å². The lowest BCUT2D eigenvalue weighted by molar-refractivity contribution is 0.0187. The molecule has 2 amide bonds. The van der Waals surface area contributed by atoms with Crippen molar-refractivity contribution in [3.05, 3.63) is 35.9 Å². The van der Waals surface area contributed by atoms with E-state index in [9.17, 15) is 4.79 Å². The SMILES string of the molecule is COCCN1C(=O)NC[C@]12CC[C@](c1ccccc1)(N(C)C)CC2. The summed E-state index contributed by atoms with van der Waals surface area (Å²) in [6.07, 6.45) is 4.15. The monoisotopic (exact) mass is 331 g/mol. The van der Waals surface area contributed by atoms with Crippen LogP contribution in [0.25, 0.3) is 0 Å². The molecule has 1 aromatic rings. The van der Waals surface area contributed by atoms with Crippen molar-refractivity contribution in [3.63, 3.8) is 0 Å². The third-order valence-electron chi connectivity index (χ3n) is 6.08. The summed E-state index contributed by atoms with van der Waals surface area (Å²) in [6.45, 7) is 2.02. The highest BCUT2D eigenvalue weighted by atomic mass is 16.5. The zero-order chi connectivity index (χ0) is 17.2. The van der Waals surface area contributed by atoms with Gasteiger partial charge in [-0.2, -0.15) is 0 Å². The van der Waals surface area contributed by atoms with Crippen molar-refractivity contribution in [2.45, 2.75) is 36.8 Å². The number of hydrogen-bond donors (Lipinski definition) is 1. The van der Waals surface area contributed by atoms with E-state index >= 15 is 0 Å². The van der Waals surface area contributed by atoms with Gasteiger partial charge < -0.3 is 15.0 Å². The normalized spacial score (nSPS) is 30.2.